The highest BCUT2D eigenvalue weighted by Crippen LogP contribution is 2.26. The van der Waals surface area contributed by atoms with Crippen LogP contribution < -0.4 is 5.32 Å². The van der Waals surface area contributed by atoms with Gasteiger partial charge in [0.15, 0.2) is 0 Å². The maximum atomic E-state index is 3.48. The van der Waals surface area contributed by atoms with Gasteiger partial charge in [0, 0.05) is 12.2 Å². The van der Waals surface area contributed by atoms with Crippen molar-refractivity contribution in [1.29, 1.82) is 0 Å². The van der Waals surface area contributed by atoms with E-state index in [1.54, 1.807) is 0 Å². The Morgan fingerprint density at radius 3 is 2.78 bits per heavy atom. The van der Waals surface area contributed by atoms with E-state index in [2.05, 4.69) is 59.9 Å². The molecule has 1 N–H and O–H groups in total. The lowest BCUT2D eigenvalue weighted by molar-refractivity contribution is 1.11. The molecule has 2 aromatic carbocycles. The Hall–Kier alpha value is -2.02. The molecular weight excluding hydrogens is 218 g/mol. The minimum absolute atomic E-state index is 0.991. The number of nitrogens with one attached hydrogen (secondary N) is 1. The molecule has 0 spiro atoms. The van der Waals surface area contributed by atoms with Gasteiger partial charge in [0.2, 0.25) is 0 Å². The van der Waals surface area contributed by atoms with E-state index in [0.717, 1.165) is 19.4 Å². The van der Waals surface area contributed by atoms with Gasteiger partial charge in [-0.05, 0) is 29.5 Å². The van der Waals surface area contributed by atoms with Crippen molar-refractivity contribution in [2.45, 2.75) is 12.8 Å². The summed E-state index contributed by atoms with van der Waals surface area (Å²) in [4.78, 5) is 0. The van der Waals surface area contributed by atoms with Crippen molar-refractivity contribution in [3.8, 4) is 0 Å². The van der Waals surface area contributed by atoms with E-state index in [9.17, 15) is 0 Å². The molecule has 2 aromatic rings. The monoisotopic (exact) mass is 235 g/mol. The van der Waals surface area contributed by atoms with Gasteiger partial charge < -0.3 is 5.32 Å². The van der Waals surface area contributed by atoms with Crippen LogP contribution >= 0.6 is 0 Å². The molecule has 0 amide bonds. The molecule has 3 rings (SSSR count). The summed E-state index contributed by atoms with van der Waals surface area (Å²) in [7, 11) is 0. The van der Waals surface area contributed by atoms with Crippen LogP contribution in [0.25, 0.3) is 6.08 Å². The van der Waals surface area contributed by atoms with E-state index in [-0.39, 0.29) is 0 Å². The van der Waals surface area contributed by atoms with Crippen molar-refractivity contribution < 1.29 is 0 Å². The summed E-state index contributed by atoms with van der Waals surface area (Å²) >= 11 is 0. The van der Waals surface area contributed by atoms with Crippen LogP contribution in [0.1, 0.15) is 16.7 Å². The fourth-order valence-corrected chi connectivity index (χ4v) is 2.47. The van der Waals surface area contributed by atoms with E-state index >= 15 is 0 Å². The second-order valence-corrected chi connectivity index (χ2v) is 4.65. The number of rotatable bonds is 3. The summed E-state index contributed by atoms with van der Waals surface area (Å²) in [5, 5.41) is 3.48. The molecule has 1 aliphatic rings. The summed E-state index contributed by atoms with van der Waals surface area (Å²) in [5.74, 6) is 0. The molecule has 1 aliphatic heterocycles. The molecule has 0 bridgehead atoms. The van der Waals surface area contributed by atoms with E-state index in [1.807, 2.05) is 6.07 Å². The van der Waals surface area contributed by atoms with Crippen molar-refractivity contribution in [3.05, 3.63) is 71.3 Å². The highest BCUT2D eigenvalue weighted by atomic mass is 14.9. The third kappa shape index (κ3) is 2.30. The van der Waals surface area contributed by atoms with E-state index < -0.39 is 0 Å². The lowest BCUT2D eigenvalue weighted by atomic mass is 10.0. The van der Waals surface area contributed by atoms with Crippen LogP contribution in [0, 0.1) is 0 Å². The van der Waals surface area contributed by atoms with Gasteiger partial charge in [-0.2, -0.15) is 0 Å². The molecule has 1 nitrogen and oxygen atoms in total. The lowest BCUT2D eigenvalue weighted by Gasteiger charge is -2.06. The largest absolute Gasteiger partial charge is 0.384 e. The number of benzene rings is 2. The van der Waals surface area contributed by atoms with Crippen LogP contribution in [0.5, 0.6) is 0 Å². The summed E-state index contributed by atoms with van der Waals surface area (Å²) in [6.07, 6.45) is 6.58. The Morgan fingerprint density at radius 2 is 1.89 bits per heavy atom. The molecule has 1 heteroatoms. The van der Waals surface area contributed by atoms with Crippen molar-refractivity contribution in [3.63, 3.8) is 0 Å². The van der Waals surface area contributed by atoms with E-state index in [1.165, 1.54) is 22.4 Å². The number of anilines is 1. The Labute approximate surface area is 108 Å². The molecule has 0 saturated carbocycles. The standard InChI is InChI=1S/C17H17N/c1-2-6-14(7-3-1)8-4-9-15-10-5-11-16-12-13-18-17(15)16/h1-8,10-11,18H,9,12-13H2/b8-4+. The van der Waals surface area contributed by atoms with E-state index in [4.69, 9.17) is 0 Å². The molecular formula is C17H17N. The lowest BCUT2D eigenvalue weighted by Crippen LogP contribution is -1.94. The van der Waals surface area contributed by atoms with Crippen molar-refractivity contribution in [2.75, 3.05) is 11.9 Å². The summed E-state index contributed by atoms with van der Waals surface area (Å²) in [6, 6.07) is 17.0. The minimum Gasteiger partial charge on any atom is -0.384 e. The number of fused-ring (bicyclic) bond motifs is 1. The fraction of sp³-hybridized carbons (Fsp3) is 0.176. The minimum atomic E-state index is 0.991. The Bertz CT molecular complexity index is 555. The average molecular weight is 235 g/mol. The summed E-state index contributed by atoms with van der Waals surface area (Å²) in [5.41, 5.74) is 5.48. The molecule has 0 unspecified atom stereocenters. The number of hydrogen-bond donors (Lipinski definition) is 1. The van der Waals surface area contributed by atoms with Gasteiger partial charge in [0.05, 0.1) is 0 Å². The molecule has 0 atom stereocenters. The second kappa shape index (κ2) is 5.09. The first-order chi connectivity index (χ1) is 8.93. The first-order valence-corrected chi connectivity index (χ1v) is 6.50. The molecule has 1 heterocycles. The molecule has 0 fully saturated rings. The molecule has 90 valence electrons. The third-order valence-corrected chi connectivity index (χ3v) is 3.38. The highest BCUT2D eigenvalue weighted by Gasteiger charge is 2.12. The first kappa shape index (κ1) is 11.1. The van der Waals surface area contributed by atoms with Crippen LogP contribution in [-0.2, 0) is 12.8 Å². The average Bonchev–Trinajstić information content (AvgIpc) is 2.89. The van der Waals surface area contributed by atoms with Crippen molar-refractivity contribution in [2.24, 2.45) is 0 Å². The zero-order chi connectivity index (χ0) is 12.2. The molecule has 18 heavy (non-hydrogen) atoms. The topological polar surface area (TPSA) is 12.0 Å². The van der Waals surface area contributed by atoms with Gasteiger partial charge in [0.1, 0.15) is 0 Å². The molecule has 0 radical (unpaired) electrons. The smallest absolute Gasteiger partial charge is 0.0409 e. The van der Waals surface area contributed by atoms with Crippen molar-refractivity contribution >= 4 is 11.8 Å². The van der Waals surface area contributed by atoms with Crippen LogP contribution in [0.15, 0.2) is 54.6 Å². The SMILES string of the molecule is C(=C\c1ccccc1)/Cc1cccc2c1NCC2. The number of allylic oxidation sites excluding steroid dienone is 1. The molecule has 0 aliphatic carbocycles. The fourth-order valence-electron chi connectivity index (χ4n) is 2.47. The quantitative estimate of drug-likeness (QED) is 0.850. The van der Waals surface area contributed by atoms with Gasteiger partial charge in [-0.1, -0.05) is 60.7 Å². The van der Waals surface area contributed by atoms with Gasteiger partial charge in [0.25, 0.3) is 0 Å². The number of hydrogen-bond acceptors (Lipinski definition) is 1. The predicted molar refractivity (Wildman–Crippen MR) is 77.8 cm³/mol. The first-order valence-electron chi connectivity index (χ1n) is 6.50. The Kier molecular flexibility index (Phi) is 3.14. The maximum Gasteiger partial charge on any atom is 0.0409 e. The van der Waals surface area contributed by atoms with Crippen LogP contribution in [0.2, 0.25) is 0 Å². The summed E-state index contributed by atoms with van der Waals surface area (Å²) in [6.45, 7) is 1.08. The maximum absolute atomic E-state index is 3.48. The Morgan fingerprint density at radius 1 is 1.00 bits per heavy atom. The Balaban J connectivity index is 1.75. The zero-order valence-electron chi connectivity index (χ0n) is 10.4. The van der Waals surface area contributed by atoms with Gasteiger partial charge in [-0.15, -0.1) is 0 Å². The van der Waals surface area contributed by atoms with Crippen molar-refractivity contribution in [1.82, 2.24) is 0 Å². The van der Waals surface area contributed by atoms with Crippen LogP contribution in [0.3, 0.4) is 0 Å². The van der Waals surface area contributed by atoms with Gasteiger partial charge in [-0.3, -0.25) is 0 Å². The number of para-hydroxylation sites is 1. The molecule has 0 aromatic heterocycles. The zero-order valence-corrected chi connectivity index (χ0v) is 10.4. The summed E-state index contributed by atoms with van der Waals surface area (Å²) < 4.78 is 0. The van der Waals surface area contributed by atoms with Crippen LogP contribution in [0.4, 0.5) is 5.69 Å². The van der Waals surface area contributed by atoms with E-state index in [0.29, 0.717) is 0 Å². The van der Waals surface area contributed by atoms with Gasteiger partial charge >= 0.3 is 0 Å². The molecule has 0 saturated heterocycles. The van der Waals surface area contributed by atoms with Crippen LogP contribution in [-0.4, -0.2) is 6.54 Å². The predicted octanol–water partition coefficient (Wildman–Crippen LogP) is 3.91. The third-order valence-electron chi connectivity index (χ3n) is 3.38. The normalized spacial score (nSPS) is 13.6. The van der Waals surface area contributed by atoms with Gasteiger partial charge in [-0.25, -0.2) is 0 Å². The second-order valence-electron chi connectivity index (χ2n) is 4.65. The highest BCUT2D eigenvalue weighted by molar-refractivity contribution is 5.62.